The van der Waals surface area contributed by atoms with Crippen LogP contribution in [-0.4, -0.2) is 33.2 Å². The molecule has 1 amide bonds. The van der Waals surface area contributed by atoms with Crippen LogP contribution in [0.1, 0.15) is 25.8 Å². The molecular weight excluding hydrogens is 204 g/mol. The fourth-order valence-corrected chi connectivity index (χ4v) is 2.03. The summed E-state index contributed by atoms with van der Waals surface area (Å²) in [4.78, 5) is 13.8. The first-order chi connectivity index (χ1) is 7.74. The van der Waals surface area contributed by atoms with Crippen LogP contribution in [0, 0.1) is 11.3 Å². The van der Waals surface area contributed by atoms with Crippen molar-refractivity contribution in [1.82, 2.24) is 14.7 Å². The van der Waals surface area contributed by atoms with E-state index in [0.29, 0.717) is 6.54 Å². The number of amides is 1. The van der Waals surface area contributed by atoms with Gasteiger partial charge < -0.3 is 4.90 Å². The number of hydrogen-bond donors (Lipinski definition) is 0. The van der Waals surface area contributed by atoms with E-state index in [0.717, 1.165) is 12.8 Å². The van der Waals surface area contributed by atoms with Gasteiger partial charge in [0.2, 0.25) is 5.91 Å². The minimum atomic E-state index is -0.330. The molecule has 2 rings (SSSR count). The number of aromatic nitrogens is 2. The Bertz CT molecular complexity index is 406. The van der Waals surface area contributed by atoms with Gasteiger partial charge in [-0.3, -0.25) is 9.48 Å². The van der Waals surface area contributed by atoms with Crippen LogP contribution in [0.5, 0.6) is 0 Å². The maximum absolute atomic E-state index is 12.1. The van der Waals surface area contributed by atoms with E-state index in [2.05, 4.69) is 11.2 Å². The maximum atomic E-state index is 12.1. The SMILES string of the molecule is CC(C(=O)N1CCCC1C#N)n1cccn1. The first-order valence-corrected chi connectivity index (χ1v) is 5.43. The van der Waals surface area contributed by atoms with Crippen molar-refractivity contribution in [3.8, 4) is 6.07 Å². The molecule has 0 aromatic carbocycles. The molecular formula is C11H14N4O. The Labute approximate surface area is 94.3 Å². The van der Waals surface area contributed by atoms with Crippen molar-refractivity contribution < 1.29 is 4.79 Å². The van der Waals surface area contributed by atoms with Crippen LogP contribution in [0.25, 0.3) is 0 Å². The van der Waals surface area contributed by atoms with Gasteiger partial charge in [0.15, 0.2) is 0 Å². The summed E-state index contributed by atoms with van der Waals surface area (Å²) in [6.45, 7) is 2.49. The van der Waals surface area contributed by atoms with Gasteiger partial charge in [0.1, 0.15) is 12.1 Å². The van der Waals surface area contributed by atoms with Gasteiger partial charge in [-0.1, -0.05) is 0 Å². The highest BCUT2D eigenvalue weighted by molar-refractivity contribution is 5.80. The Balaban J connectivity index is 2.11. The van der Waals surface area contributed by atoms with Crippen molar-refractivity contribution in [2.24, 2.45) is 0 Å². The lowest BCUT2D eigenvalue weighted by molar-refractivity contribution is -0.134. The molecule has 0 radical (unpaired) electrons. The third-order valence-electron chi connectivity index (χ3n) is 2.96. The van der Waals surface area contributed by atoms with Gasteiger partial charge in [0, 0.05) is 18.9 Å². The number of rotatable bonds is 2. The number of nitriles is 1. The van der Waals surface area contributed by atoms with E-state index in [9.17, 15) is 4.79 Å². The van der Waals surface area contributed by atoms with Crippen LogP contribution in [0.2, 0.25) is 0 Å². The Morgan fingerprint density at radius 2 is 2.50 bits per heavy atom. The van der Waals surface area contributed by atoms with E-state index in [1.165, 1.54) is 0 Å². The summed E-state index contributed by atoms with van der Waals surface area (Å²) in [7, 11) is 0. The summed E-state index contributed by atoms with van der Waals surface area (Å²) in [5.74, 6) is -0.0206. The molecule has 0 saturated carbocycles. The third kappa shape index (κ3) is 1.78. The first-order valence-electron chi connectivity index (χ1n) is 5.43. The molecule has 2 unspecified atom stereocenters. The molecule has 1 aliphatic rings. The van der Waals surface area contributed by atoms with Crippen LogP contribution in [0.15, 0.2) is 18.5 Å². The van der Waals surface area contributed by atoms with Gasteiger partial charge in [0.25, 0.3) is 0 Å². The highest BCUT2D eigenvalue weighted by Gasteiger charge is 2.31. The highest BCUT2D eigenvalue weighted by Crippen LogP contribution is 2.20. The smallest absolute Gasteiger partial charge is 0.248 e. The third-order valence-corrected chi connectivity index (χ3v) is 2.96. The molecule has 0 bridgehead atoms. The van der Waals surface area contributed by atoms with Gasteiger partial charge in [-0.15, -0.1) is 0 Å². The summed E-state index contributed by atoms with van der Waals surface area (Å²) in [5, 5.41) is 13.0. The van der Waals surface area contributed by atoms with Crippen LogP contribution in [0.4, 0.5) is 0 Å². The Kier molecular flexibility index (Phi) is 2.91. The fourth-order valence-electron chi connectivity index (χ4n) is 2.03. The van der Waals surface area contributed by atoms with E-state index >= 15 is 0 Å². The number of carbonyl (C=O) groups is 1. The van der Waals surface area contributed by atoms with Crippen LogP contribution in [-0.2, 0) is 4.79 Å². The lowest BCUT2D eigenvalue weighted by Crippen LogP contribution is -2.39. The van der Waals surface area contributed by atoms with E-state index in [1.54, 1.807) is 28.0 Å². The zero-order valence-electron chi connectivity index (χ0n) is 9.21. The predicted octanol–water partition coefficient (Wildman–Crippen LogP) is 0.959. The molecule has 0 spiro atoms. The lowest BCUT2D eigenvalue weighted by Gasteiger charge is -2.23. The number of likely N-dealkylation sites (tertiary alicyclic amines) is 1. The van der Waals surface area contributed by atoms with Gasteiger partial charge in [-0.25, -0.2) is 0 Å². The fraction of sp³-hybridized carbons (Fsp3) is 0.545. The normalized spacial score (nSPS) is 21.8. The summed E-state index contributed by atoms with van der Waals surface area (Å²) in [6.07, 6.45) is 5.11. The van der Waals surface area contributed by atoms with Gasteiger partial charge in [-0.2, -0.15) is 10.4 Å². The van der Waals surface area contributed by atoms with Crippen molar-refractivity contribution in [3.05, 3.63) is 18.5 Å². The molecule has 0 N–H and O–H groups in total. The molecule has 2 atom stereocenters. The largest absolute Gasteiger partial charge is 0.325 e. The average molecular weight is 218 g/mol. The van der Waals surface area contributed by atoms with E-state index in [4.69, 9.17) is 5.26 Å². The highest BCUT2D eigenvalue weighted by atomic mass is 16.2. The minimum absolute atomic E-state index is 0.0206. The topological polar surface area (TPSA) is 61.9 Å². The zero-order valence-corrected chi connectivity index (χ0v) is 9.21. The summed E-state index contributed by atoms with van der Waals surface area (Å²) < 4.78 is 1.62. The molecule has 5 nitrogen and oxygen atoms in total. The Morgan fingerprint density at radius 3 is 3.12 bits per heavy atom. The summed E-state index contributed by atoms with van der Waals surface area (Å²) in [5.41, 5.74) is 0. The van der Waals surface area contributed by atoms with Gasteiger partial charge in [0.05, 0.1) is 6.07 Å². The van der Waals surface area contributed by atoms with Crippen molar-refractivity contribution in [2.75, 3.05) is 6.54 Å². The standard InChI is InChI=1S/C11H14N4O/c1-9(15-7-3-5-13-15)11(16)14-6-2-4-10(14)8-12/h3,5,7,9-10H,2,4,6H2,1H3. The van der Waals surface area contributed by atoms with Gasteiger partial charge in [-0.05, 0) is 25.8 Å². The van der Waals surface area contributed by atoms with Crippen LogP contribution in [0.3, 0.4) is 0 Å². The molecule has 84 valence electrons. The first kappa shape index (κ1) is 10.7. The maximum Gasteiger partial charge on any atom is 0.248 e. The molecule has 1 saturated heterocycles. The van der Waals surface area contributed by atoms with E-state index in [1.807, 2.05) is 6.92 Å². The molecule has 0 aliphatic carbocycles. The molecule has 1 aliphatic heterocycles. The predicted molar refractivity (Wildman–Crippen MR) is 57.3 cm³/mol. The molecule has 1 aromatic rings. The Morgan fingerprint density at radius 1 is 1.69 bits per heavy atom. The second-order valence-corrected chi connectivity index (χ2v) is 3.98. The second-order valence-electron chi connectivity index (χ2n) is 3.98. The van der Waals surface area contributed by atoms with Gasteiger partial charge >= 0.3 is 0 Å². The monoisotopic (exact) mass is 218 g/mol. The summed E-state index contributed by atoms with van der Waals surface area (Å²) >= 11 is 0. The molecule has 1 aromatic heterocycles. The lowest BCUT2D eigenvalue weighted by atomic mass is 10.2. The quantitative estimate of drug-likeness (QED) is 0.742. The molecule has 16 heavy (non-hydrogen) atoms. The number of hydrogen-bond acceptors (Lipinski definition) is 3. The van der Waals surface area contributed by atoms with Crippen LogP contribution >= 0.6 is 0 Å². The number of carbonyl (C=O) groups excluding carboxylic acids is 1. The summed E-state index contributed by atoms with van der Waals surface area (Å²) in [6, 6.07) is 3.37. The van der Waals surface area contributed by atoms with Crippen molar-refractivity contribution in [3.63, 3.8) is 0 Å². The van der Waals surface area contributed by atoms with E-state index in [-0.39, 0.29) is 18.0 Å². The Hall–Kier alpha value is -1.83. The van der Waals surface area contributed by atoms with E-state index < -0.39 is 0 Å². The zero-order chi connectivity index (χ0) is 11.5. The van der Waals surface area contributed by atoms with Crippen LogP contribution < -0.4 is 0 Å². The second kappa shape index (κ2) is 4.35. The van der Waals surface area contributed by atoms with Crippen molar-refractivity contribution in [1.29, 1.82) is 5.26 Å². The van der Waals surface area contributed by atoms with Crippen molar-refractivity contribution in [2.45, 2.75) is 31.8 Å². The van der Waals surface area contributed by atoms with Crippen molar-refractivity contribution >= 4 is 5.91 Å². The number of nitrogens with zero attached hydrogens (tertiary/aromatic N) is 4. The molecule has 2 heterocycles. The average Bonchev–Trinajstić information content (AvgIpc) is 2.97. The molecule has 1 fully saturated rings. The molecule has 5 heteroatoms. The minimum Gasteiger partial charge on any atom is -0.325 e.